The molecule has 0 saturated carbocycles. The lowest BCUT2D eigenvalue weighted by Crippen LogP contribution is -2.42. The summed E-state index contributed by atoms with van der Waals surface area (Å²) in [6, 6.07) is 2.85. The second kappa shape index (κ2) is 4.27. The average molecular weight is 259 g/mol. The third-order valence-corrected chi connectivity index (χ3v) is 3.71. The van der Waals surface area contributed by atoms with Gasteiger partial charge >= 0.3 is 5.97 Å². The van der Waals surface area contributed by atoms with Crippen molar-refractivity contribution in [3.63, 3.8) is 0 Å². The molecule has 0 unspecified atom stereocenters. The highest BCUT2D eigenvalue weighted by Crippen LogP contribution is 2.40. The molecule has 0 aliphatic heterocycles. The summed E-state index contributed by atoms with van der Waals surface area (Å²) in [6.45, 7) is -0.531. The number of hydrogen-bond donors (Lipinski definition) is 2. The van der Waals surface area contributed by atoms with Crippen molar-refractivity contribution in [1.29, 1.82) is 0 Å². The summed E-state index contributed by atoms with van der Waals surface area (Å²) in [5.41, 5.74) is -0.722. The van der Waals surface area contributed by atoms with E-state index in [2.05, 4.69) is 0 Å². The van der Waals surface area contributed by atoms with E-state index in [1.807, 2.05) is 0 Å². The normalized spacial score (nSPS) is 23.2. The minimum absolute atomic E-state index is 0.0112. The van der Waals surface area contributed by atoms with Crippen molar-refractivity contribution in [3.8, 4) is 0 Å². The quantitative estimate of drug-likeness (QED) is 0.854. The van der Waals surface area contributed by atoms with Gasteiger partial charge in [-0.2, -0.15) is 0 Å². The minimum atomic E-state index is -1.39. The average Bonchev–Trinajstić information content (AvgIpc) is 2.33. The van der Waals surface area contributed by atoms with Crippen molar-refractivity contribution in [1.82, 2.24) is 0 Å². The lowest BCUT2D eigenvalue weighted by atomic mass is 9.70. The monoisotopic (exact) mass is 258 g/mol. The maximum atomic E-state index is 13.8. The molecule has 0 radical (unpaired) electrons. The first kappa shape index (κ1) is 12.3. The van der Waals surface area contributed by atoms with E-state index in [4.69, 9.17) is 11.6 Å². The van der Waals surface area contributed by atoms with Crippen LogP contribution in [0.3, 0.4) is 0 Å². The predicted molar refractivity (Wildman–Crippen MR) is 60.7 cm³/mol. The summed E-state index contributed by atoms with van der Waals surface area (Å²) in [6.07, 6.45) is 1.29. The molecule has 2 N–H and O–H groups in total. The van der Waals surface area contributed by atoms with E-state index in [0.29, 0.717) is 30.4 Å². The van der Waals surface area contributed by atoms with Gasteiger partial charge in [0.05, 0.1) is 11.6 Å². The number of hydrogen-bond acceptors (Lipinski definition) is 2. The van der Waals surface area contributed by atoms with Gasteiger partial charge in [-0.3, -0.25) is 4.79 Å². The smallest absolute Gasteiger partial charge is 0.316 e. The third kappa shape index (κ3) is 1.72. The van der Waals surface area contributed by atoms with E-state index >= 15 is 0 Å². The fraction of sp³-hybridized carbons (Fsp3) is 0.417. The summed E-state index contributed by atoms with van der Waals surface area (Å²) in [5, 5.41) is 18.7. The van der Waals surface area contributed by atoms with E-state index in [9.17, 15) is 19.4 Å². The van der Waals surface area contributed by atoms with Gasteiger partial charge in [-0.1, -0.05) is 17.7 Å². The van der Waals surface area contributed by atoms with Gasteiger partial charge in [0.15, 0.2) is 0 Å². The molecular weight excluding hydrogens is 247 g/mol. The van der Waals surface area contributed by atoms with Gasteiger partial charge in [0.2, 0.25) is 0 Å². The zero-order valence-corrected chi connectivity index (χ0v) is 9.80. The molecule has 92 valence electrons. The van der Waals surface area contributed by atoms with Crippen LogP contribution in [-0.2, 0) is 16.6 Å². The number of aliphatic carboxylic acids is 1. The molecule has 0 amide bonds. The van der Waals surface area contributed by atoms with Gasteiger partial charge in [-0.05, 0) is 36.5 Å². The SMILES string of the molecule is O=C(O)[C@]1(CO)CCCc2c1ccc(Cl)c2F. The zero-order chi connectivity index (χ0) is 12.6. The number of aliphatic hydroxyl groups is 1. The number of carboxylic acids is 1. The van der Waals surface area contributed by atoms with Crippen LogP contribution in [0.4, 0.5) is 4.39 Å². The van der Waals surface area contributed by atoms with E-state index in [0.717, 1.165) is 0 Å². The van der Waals surface area contributed by atoms with Crippen LogP contribution in [0.5, 0.6) is 0 Å². The molecule has 0 aromatic heterocycles. The van der Waals surface area contributed by atoms with Gasteiger partial charge in [0, 0.05) is 0 Å². The molecule has 1 aliphatic carbocycles. The van der Waals surface area contributed by atoms with Crippen LogP contribution < -0.4 is 0 Å². The third-order valence-electron chi connectivity index (χ3n) is 3.42. The summed E-state index contributed by atoms with van der Waals surface area (Å²) >= 11 is 5.68. The van der Waals surface area contributed by atoms with Crippen LogP contribution in [0.1, 0.15) is 24.0 Å². The molecule has 0 fully saturated rings. The van der Waals surface area contributed by atoms with E-state index in [-0.39, 0.29) is 5.02 Å². The van der Waals surface area contributed by atoms with Crippen molar-refractivity contribution in [3.05, 3.63) is 34.1 Å². The van der Waals surface area contributed by atoms with E-state index in [1.54, 1.807) is 0 Å². The van der Waals surface area contributed by atoms with E-state index < -0.39 is 23.8 Å². The Labute approximate surface area is 103 Å². The highest BCUT2D eigenvalue weighted by molar-refractivity contribution is 6.30. The molecular formula is C12H12ClFO3. The van der Waals surface area contributed by atoms with Crippen LogP contribution in [0, 0.1) is 5.82 Å². The van der Waals surface area contributed by atoms with Crippen LogP contribution in [0.25, 0.3) is 0 Å². The first-order valence-corrected chi connectivity index (χ1v) is 5.72. The Morgan fingerprint density at radius 2 is 2.24 bits per heavy atom. The number of rotatable bonds is 2. The molecule has 5 heteroatoms. The first-order chi connectivity index (χ1) is 8.03. The Bertz CT molecular complexity index is 475. The van der Waals surface area contributed by atoms with Crippen molar-refractivity contribution >= 4 is 17.6 Å². The highest BCUT2D eigenvalue weighted by Gasteiger charge is 2.44. The molecule has 1 aliphatic rings. The number of carboxylic acid groups (broad SMARTS) is 1. The molecule has 1 aromatic carbocycles. The van der Waals surface area contributed by atoms with Crippen molar-refractivity contribution in [2.24, 2.45) is 0 Å². The number of halogens is 2. The lowest BCUT2D eigenvalue weighted by Gasteiger charge is -2.34. The Hall–Kier alpha value is -1.13. The largest absolute Gasteiger partial charge is 0.481 e. The highest BCUT2D eigenvalue weighted by atomic mass is 35.5. The first-order valence-electron chi connectivity index (χ1n) is 5.34. The molecule has 3 nitrogen and oxygen atoms in total. The van der Waals surface area contributed by atoms with Gasteiger partial charge in [-0.25, -0.2) is 4.39 Å². The second-order valence-electron chi connectivity index (χ2n) is 4.29. The second-order valence-corrected chi connectivity index (χ2v) is 4.69. The Balaban J connectivity index is 2.67. The van der Waals surface area contributed by atoms with Crippen molar-refractivity contribution < 1.29 is 19.4 Å². The van der Waals surface area contributed by atoms with Crippen LogP contribution >= 0.6 is 11.6 Å². The standard InChI is InChI=1S/C12H12ClFO3/c13-9-4-3-8-7(10(9)14)2-1-5-12(8,6-15)11(16)17/h3-4,15H,1-2,5-6H2,(H,16,17)/t12-/m0/s1. The summed E-state index contributed by atoms with van der Waals surface area (Å²) < 4.78 is 13.8. The number of fused-ring (bicyclic) bond motifs is 1. The summed E-state index contributed by atoms with van der Waals surface area (Å²) in [4.78, 5) is 11.4. The lowest BCUT2D eigenvalue weighted by molar-refractivity contribution is -0.146. The molecule has 0 bridgehead atoms. The number of benzene rings is 1. The molecule has 17 heavy (non-hydrogen) atoms. The summed E-state index contributed by atoms with van der Waals surface area (Å²) in [7, 11) is 0. The van der Waals surface area contributed by atoms with Gasteiger partial charge in [-0.15, -0.1) is 0 Å². The van der Waals surface area contributed by atoms with E-state index in [1.165, 1.54) is 12.1 Å². The molecule has 0 saturated heterocycles. The summed E-state index contributed by atoms with van der Waals surface area (Å²) in [5.74, 6) is -1.69. The van der Waals surface area contributed by atoms with Gasteiger partial charge < -0.3 is 10.2 Å². The topological polar surface area (TPSA) is 57.5 Å². The fourth-order valence-electron chi connectivity index (χ4n) is 2.44. The predicted octanol–water partition coefficient (Wildman–Crippen LogP) is 2.13. The van der Waals surface area contributed by atoms with Gasteiger partial charge in [0.25, 0.3) is 0 Å². The molecule has 0 heterocycles. The molecule has 1 aromatic rings. The van der Waals surface area contributed by atoms with Crippen molar-refractivity contribution in [2.45, 2.75) is 24.7 Å². The number of aliphatic hydroxyl groups excluding tert-OH is 1. The van der Waals surface area contributed by atoms with Crippen LogP contribution in [-0.4, -0.2) is 22.8 Å². The van der Waals surface area contributed by atoms with Gasteiger partial charge in [0.1, 0.15) is 11.2 Å². The zero-order valence-electron chi connectivity index (χ0n) is 9.04. The fourth-order valence-corrected chi connectivity index (χ4v) is 2.62. The van der Waals surface area contributed by atoms with Crippen LogP contribution in [0.2, 0.25) is 5.02 Å². The Morgan fingerprint density at radius 3 is 2.82 bits per heavy atom. The van der Waals surface area contributed by atoms with Crippen LogP contribution in [0.15, 0.2) is 12.1 Å². The Morgan fingerprint density at radius 1 is 1.53 bits per heavy atom. The maximum absolute atomic E-state index is 13.8. The Kier molecular flexibility index (Phi) is 3.10. The maximum Gasteiger partial charge on any atom is 0.316 e. The number of carbonyl (C=O) groups is 1. The molecule has 1 atom stereocenters. The molecule has 0 spiro atoms. The molecule has 2 rings (SSSR count). The minimum Gasteiger partial charge on any atom is -0.481 e. The van der Waals surface area contributed by atoms with Crippen molar-refractivity contribution in [2.75, 3.05) is 6.61 Å².